The first-order valence-corrected chi connectivity index (χ1v) is 13.7. The predicted octanol–water partition coefficient (Wildman–Crippen LogP) is -3.36. The van der Waals surface area contributed by atoms with Crippen LogP contribution in [0.2, 0.25) is 0 Å². The Balaban J connectivity index is 0.00000204. The van der Waals surface area contributed by atoms with Crippen molar-refractivity contribution in [3.05, 3.63) is 0 Å². The Bertz CT molecular complexity index is 839. The molecule has 4 fully saturated rings. The number of aliphatic carboxylic acids is 1. The van der Waals surface area contributed by atoms with Crippen LogP contribution in [0, 0.1) is 46.3 Å². The van der Waals surface area contributed by atoms with Crippen LogP contribution in [0.15, 0.2) is 0 Å². The number of carboxylic acid groups (broad SMARTS) is 1. The van der Waals surface area contributed by atoms with Crippen LogP contribution in [-0.4, -0.2) is 36.3 Å². The average molecular weight is 517 g/mol. The minimum absolute atomic E-state index is 0. The molecule has 0 unspecified atom stereocenters. The van der Waals surface area contributed by atoms with Gasteiger partial charge in [-0.1, -0.05) is 20.8 Å². The Morgan fingerprint density at radius 3 is 2.29 bits per heavy atom. The first kappa shape index (κ1) is 31.5. The molecule has 0 radical (unpaired) electrons. The molecular formula is C24H38Na2O7S. The van der Waals surface area contributed by atoms with Crippen molar-refractivity contribution in [2.75, 3.05) is 0 Å². The van der Waals surface area contributed by atoms with Gasteiger partial charge in [-0.2, -0.15) is 0 Å². The number of hydrogen-bond donors (Lipinski definition) is 1. The van der Waals surface area contributed by atoms with Gasteiger partial charge in [-0.25, -0.2) is 8.42 Å². The molecule has 0 spiro atoms. The monoisotopic (exact) mass is 516 g/mol. The molecule has 0 heterocycles. The fraction of sp³-hybridized carbons (Fsp3) is 0.958. The van der Waals surface area contributed by atoms with E-state index in [0.717, 1.165) is 32.1 Å². The minimum atomic E-state index is -4.72. The van der Waals surface area contributed by atoms with E-state index < -0.39 is 28.6 Å². The molecule has 4 aliphatic carbocycles. The molecule has 0 aromatic carbocycles. The van der Waals surface area contributed by atoms with Crippen LogP contribution in [0.4, 0.5) is 0 Å². The normalized spacial score (nSPS) is 44.4. The summed E-state index contributed by atoms with van der Waals surface area (Å²) in [5.41, 5.74) is 0.143. The van der Waals surface area contributed by atoms with Gasteiger partial charge < -0.3 is 19.6 Å². The zero-order chi connectivity index (χ0) is 23.5. The second kappa shape index (κ2) is 11.6. The SMILES string of the molecule is C[C@H](CCC(=O)[O-])[C@H]1CC[C@H]2[C@@H]3[C@@H](O)C[C@@H]4C[C@H](OS(=O)(=O)[O-])CC[C@]4(C)[C@H]3CC[C@]12C.[Na+].[Na+]. The van der Waals surface area contributed by atoms with Gasteiger partial charge in [0, 0.05) is 5.97 Å². The third-order valence-electron chi connectivity index (χ3n) is 10.5. The van der Waals surface area contributed by atoms with Crippen molar-refractivity contribution < 1.29 is 91.3 Å². The summed E-state index contributed by atoms with van der Waals surface area (Å²) in [5.74, 6) is 1.02. The number of hydrogen-bond acceptors (Lipinski definition) is 7. The standard InChI is InChI=1S/C24H40O7S.2Na/c1-14(4-7-21(26)27)17-5-6-18-22-19(9-11-24(17,18)3)23(2)10-8-16(31-32(28,29)30)12-15(23)13-20(22)25;;/h14-20,22,25H,4-13H2,1-3H3,(H,26,27)(H,28,29,30);;/q;2*+1/p-2/t14-,15+,16-,17-,18+,19+,20+,22+,23+,24-;;/m1../s1. The summed E-state index contributed by atoms with van der Waals surface area (Å²) in [6.07, 6.45) is 6.58. The molecule has 0 saturated heterocycles. The van der Waals surface area contributed by atoms with E-state index in [0.29, 0.717) is 49.4 Å². The van der Waals surface area contributed by atoms with E-state index >= 15 is 0 Å². The van der Waals surface area contributed by atoms with Crippen molar-refractivity contribution in [3.8, 4) is 0 Å². The zero-order valence-corrected chi connectivity index (χ0v) is 26.3. The summed E-state index contributed by atoms with van der Waals surface area (Å²) in [5, 5.41) is 22.3. The van der Waals surface area contributed by atoms with Gasteiger partial charge in [0.1, 0.15) is 0 Å². The van der Waals surface area contributed by atoms with E-state index in [4.69, 9.17) is 4.18 Å². The molecule has 4 saturated carbocycles. The second-order valence-electron chi connectivity index (χ2n) is 11.8. The van der Waals surface area contributed by atoms with Crippen molar-refractivity contribution in [2.24, 2.45) is 46.3 Å². The summed E-state index contributed by atoms with van der Waals surface area (Å²) in [4.78, 5) is 11.0. The molecule has 34 heavy (non-hydrogen) atoms. The number of aliphatic hydroxyl groups is 1. The zero-order valence-electron chi connectivity index (χ0n) is 21.5. The maximum atomic E-state index is 11.3. The quantitative estimate of drug-likeness (QED) is 0.222. The van der Waals surface area contributed by atoms with Crippen LogP contribution >= 0.6 is 0 Å². The van der Waals surface area contributed by atoms with E-state index in [2.05, 4.69) is 20.8 Å². The summed E-state index contributed by atoms with van der Waals surface area (Å²) in [6.45, 7) is 6.85. The van der Waals surface area contributed by atoms with Crippen molar-refractivity contribution in [3.63, 3.8) is 0 Å². The molecule has 10 heteroatoms. The molecule has 0 amide bonds. The summed E-state index contributed by atoms with van der Waals surface area (Å²) < 4.78 is 38.1. The first-order valence-electron chi connectivity index (χ1n) is 12.4. The van der Waals surface area contributed by atoms with Crippen molar-refractivity contribution in [1.82, 2.24) is 0 Å². The van der Waals surface area contributed by atoms with Gasteiger partial charge in [0.05, 0.1) is 12.2 Å². The van der Waals surface area contributed by atoms with E-state index in [-0.39, 0.29) is 88.2 Å². The smallest absolute Gasteiger partial charge is 0.726 e. The van der Waals surface area contributed by atoms with Gasteiger partial charge in [0.15, 0.2) is 0 Å². The molecule has 7 nitrogen and oxygen atoms in total. The molecule has 1 N–H and O–H groups in total. The van der Waals surface area contributed by atoms with E-state index in [1.54, 1.807) is 0 Å². The molecule has 4 aliphatic rings. The van der Waals surface area contributed by atoms with E-state index in [1.165, 1.54) is 0 Å². The maximum absolute atomic E-state index is 11.3. The van der Waals surface area contributed by atoms with Crippen LogP contribution in [0.5, 0.6) is 0 Å². The fourth-order valence-corrected chi connectivity index (χ4v) is 9.47. The number of carbonyl (C=O) groups is 1. The third-order valence-corrected chi connectivity index (χ3v) is 11.0. The van der Waals surface area contributed by atoms with E-state index in [9.17, 15) is 28.0 Å². The topological polar surface area (TPSA) is 127 Å². The summed E-state index contributed by atoms with van der Waals surface area (Å²) in [7, 11) is -4.72. The predicted molar refractivity (Wildman–Crippen MR) is 115 cm³/mol. The Morgan fingerprint density at radius 1 is 1.06 bits per heavy atom. The van der Waals surface area contributed by atoms with Gasteiger partial charge in [-0.15, -0.1) is 0 Å². The minimum Gasteiger partial charge on any atom is -0.726 e. The summed E-state index contributed by atoms with van der Waals surface area (Å²) in [6, 6.07) is 0. The second-order valence-corrected chi connectivity index (χ2v) is 12.8. The Kier molecular flexibility index (Phi) is 10.7. The van der Waals surface area contributed by atoms with Gasteiger partial charge in [0.2, 0.25) is 10.4 Å². The maximum Gasteiger partial charge on any atom is 1.00 e. The van der Waals surface area contributed by atoms with Gasteiger partial charge in [-0.05, 0) is 111 Å². The fourth-order valence-electron chi connectivity index (χ4n) is 8.96. The molecule has 10 atom stereocenters. The number of fused-ring (bicyclic) bond motifs is 5. The van der Waals surface area contributed by atoms with Crippen LogP contribution in [0.25, 0.3) is 0 Å². The number of carbonyl (C=O) groups excluding carboxylic acids is 1. The number of aliphatic hydroxyl groups excluding tert-OH is 1. The van der Waals surface area contributed by atoms with E-state index in [1.807, 2.05) is 0 Å². The number of carboxylic acids is 1. The van der Waals surface area contributed by atoms with Crippen LogP contribution in [0.3, 0.4) is 0 Å². The van der Waals surface area contributed by atoms with Crippen LogP contribution in [0.1, 0.15) is 85.0 Å². The third kappa shape index (κ3) is 5.97. The Hall–Kier alpha value is 1.30. The largest absolute Gasteiger partial charge is 1.00 e. The molecule has 0 aliphatic heterocycles. The molecule has 184 valence electrons. The van der Waals surface area contributed by atoms with Crippen LogP contribution < -0.4 is 64.2 Å². The van der Waals surface area contributed by atoms with Gasteiger partial charge in [0.25, 0.3) is 0 Å². The van der Waals surface area contributed by atoms with Gasteiger partial charge in [-0.3, -0.25) is 4.18 Å². The van der Waals surface area contributed by atoms with Crippen molar-refractivity contribution >= 4 is 16.4 Å². The number of rotatable bonds is 6. The molecular weight excluding hydrogens is 478 g/mol. The van der Waals surface area contributed by atoms with Gasteiger partial charge >= 0.3 is 59.1 Å². The van der Waals surface area contributed by atoms with Crippen molar-refractivity contribution in [2.45, 2.75) is 97.2 Å². The molecule has 0 aromatic heterocycles. The first-order chi connectivity index (χ1) is 14.8. The molecule has 0 aromatic rings. The molecule has 4 rings (SSSR count). The van der Waals surface area contributed by atoms with Crippen molar-refractivity contribution in [1.29, 1.82) is 0 Å². The summed E-state index contributed by atoms with van der Waals surface area (Å²) >= 11 is 0. The Labute approximate surface area is 249 Å². The Morgan fingerprint density at radius 2 is 1.68 bits per heavy atom. The molecule has 0 bridgehead atoms. The average Bonchev–Trinajstić information content (AvgIpc) is 3.03. The van der Waals surface area contributed by atoms with Crippen LogP contribution in [-0.2, 0) is 19.4 Å².